The summed E-state index contributed by atoms with van der Waals surface area (Å²) in [6.45, 7) is 0.223. The smallest absolute Gasteiger partial charge is 0.335 e. The fourth-order valence-corrected chi connectivity index (χ4v) is 3.78. The normalized spacial score (nSPS) is 16.7. The standard InChI is InChI=1S/C13H16ClNO5S/c14-10-2-1-9(12(17)18)7-11(10)21(19,20)15-8-13(3-4-13)5-6-16/h1-2,7,15-16H,3-6,8H2,(H,17,18). The van der Waals surface area contributed by atoms with Crippen molar-refractivity contribution in [1.82, 2.24) is 4.72 Å². The summed E-state index contributed by atoms with van der Waals surface area (Å²) in [5.41, 5.74) is -0.324. The van der Waals surface area contributed by atoms with Gasteiger partial charge in [0.05, 0.1) is 10.6 Å². The maximum Gasteiger partial charge on any atom is 0.335 e. The van der Waals surface area contributed by atoms with Crippen LogP contribution in [0.25, 0.3) is 0 Å². The highest BCUT2D eigenvalue weighted by atomic mass is 35.5. The Morgan fingerprint density at radius 3 is 2.57 bits per heavy atom. The number of hydrogen-bond donors (Lipinski definition) is 3. The van der Waals surface area contributed by atoms with Crippen molar-refractivity contribution >= 4 is 27.6 Å². The van der Waals surface area contributed by atoms with E-state index < -0.39 is 16.0 Å². The van der Waals surface area contributed by atoms with E-state index in [4.69, 9.17) is 21.8 Å². The van der Waals surface area contributed by atoms with E-state index >= 15 is 0 Å². The molecule has 0 heterocycles. The van der Waals surface area contributed by atoms with Crippen molar-refractivity contribution in [3.05, 3.63) is 28.8 Å². The quantitative estimate of drug-likeness (QED) is 0.701. The third kappa shape index (κ3) is 3.74. The number of nitrogens with one attached hydrogen (secondary N) is 1. The zero-order valence-corrected chi connectivity index (χ0v) is 12.7. The summed E-state index contributed by atoms with van der Waals surface area (Å²) in [4.78, 5) is 10.7. The number of halogens is 1. The van der Waals surface area contributed by atoms with Crippen LogP contribution in [-0.4, -0.2) is 37.8 Å². The summed E-state index contributed by atoms with van der Waals surface area (Å²) in [5.74, 6) is -1.22. The van der Waals surface area contributed by atoms with Gasteiger partial charge in [-0.05, 0) is 42.9 Å². The van der Waals surface area contributed by atoms with Gasteiger partial charge >= 0.3 is 5.97 Å². The molecule has 116 valence electrons. The van der Waals surface area contributed by atoms with Crippen molar-refractivity contribution in [3.63, 3.8) is 0 Å². The minimum absolute atomic E-state index is 0.0109. The third-order valence-electron chi connectivity index (χ3n) is 3.70. The first-order chi connectivity index (χ1) is 9.80. The zero-order valence-electron chi connectivity index (χ0n) is 11.2. The molecule has 21 heavy (non-hydrogen) atoms. The molecule has 8 heteroatoms. The van der Waals surface area contributed by atoms with Crippen LogP contribution in [0.15, 0.2) is 23.1 Å². The fraction of sp³-hybridized carbons (Fsp3) is 0.462. The lowest BCUT2D eigenvalue weighted by molar-refractivity contribution is 0.0696. The summed E-state index contributed by atoms with van der Waals surface area (Å²) in [7, 11) is -3.89. The monoisotopic (exact) mass is 333 g/mol. The van der Waals surface area contributed by atoms with Crippen molar-refractivity contribution < 1.29 is 23.4 Å². The van der Waals surface area contributed by atoms with Crippen LogP contribution in [0.1, 0.15) is 29.6 Å². The summed E-state index contributed by atoms with van der Waals surface area (Å²) in [6, 6.07) is 3.54. The number of aliphatic hydroxyl groups excluding tert-OH is 1. The van der Waals surface area contributed by atoms with Gasteiger partial charge in [-0.1, -0.05) is 11.6 Å². The molecule has 0 atom stereocenters. The lowest BCUT2D eigenvalue weighted by Gasteiger charge is -2.15. The van der Waals surface area contributed by atoms with Crippen molar-refractivity contribution in [2.75, 3.05) is 13.2 Å². The molecule has 1 aliphatic rings. The second-order valence-electron chi connectivity index (χ2n) is 5.25. The number of rotatable bonds is 7. The molecule has 1 aliphatic carbocycles. The first kappa shape index (κ1) is 16.2. The number of carbonyl (C=O) groups is 1. The van der Waals surface area contributed by atoms with E-state index in [1.54, 1.807) is 0 Å². The number of hydrogen-bond acceptors (Lipinski definition) is 4. The Kier molecular flexibility index (Phi) is 4.57. The topological polar surface area (TPSA) is 104 Å². The molecular formula is C13H16ClNO5S. The first-order valence-corrected chi connectivity index (χ1v) is 8.29. The molecule has 2 rings (SSSR count). The zero-order chi connectivity index (χ0) is 15.7. The summed E-state index contributed by atoms with van der Waals surface area (Å²) < 4.78 is 27.0. The molecule has 0 radical (unpaired) electrons. The molecule has 0 aromatic heterocycles. The Morgan fingerprint density at radius 2 is 2.05 bits per heavy atom. The molecule has 0 amide bonds. The van der Waals surface area contributed by atoms with E-state index in [2.05, 4.69) is 4.72 Å². The fourth-order valence-electron chi connectivity index (χ4n) is 2.10. The minimum atomic E-state index is -3.89. The first-order valence-electron chi connectivity index (χ1n) is 6.43. The van der Waals surface area contributed by atoms with Gasteiger partial charge in [0.1, 0.15) is 4.90 Å². The maximum absolute atomic E-state index is 12.3. The van der Waals surface area contributed by atoms with Crippen LogP contribution in [-0.2, 0) is 10.0 Å². The predicted octanol–water partition coefficient (Wildman–Crippen LogP) is 1.48. The highest BCUT2D eigenvalue weighted by Gasteiger charge is 2.42. The number of sulfonamides is 1. The molecule has 0 spiro atoms. The second kappa shape index (κ2) is 5.92. The number of aromatic carboxylic acids is 1. The maximum atomic E-state index is 12.3. The Bertz CT molecular complexity index is 655. The van der Waals surface area contributed by atoms with Crippen molar-refractivity contribution in [3.8, 4) is 0 Å². The molecule has 1 saturated carbocycles. The molecule has 1 fully saturated rings. The van der Waals surface area contributed by atoms with Gasteiger partial charge in [0.2, 0.25) is 10.0 Å². The molecule has 0 unspecified atom stereocenters. The van der Waals surface area contributed by atoms with Gasteiger partial charge in [-0.2, -0.15) is 0 Å². The SMILES string of the molecule is O=C(O)c1ccc(Cl)c(S(=O)(=O)NCC2(CCO)CC2)c1. The summed E-state index contributed by atoms with van der Waals surface area (Å²) in [6.07, 6.45) is 2.26. The van der Waals surface area contributed by atoms with Crippen LogP contribution < -0.4 is 4.72 Å². The summed E-state index contributed by atoms with van der Waals surface area (Å²) in [5, 5.41) is 17.9. The van der Waals surface area contributed by atoms with Gasteiger partial charge in [-0.3, -0.25) is 0 Å². The van der Waals surface area contributed by atoms with Gasteiger partial charge in [-0.15, -0.1) is 0 Å². The highest BCUT2D eigenvalue weighted by molar-refractivity contribution is 7.89. The predicted molar refractivity (Wildman–Crippen MR) is 77.0 cm³/mol. The average molecular weight is 334 g/mol. The van der Waals surface area contributed by atoms with Crippen LogP contribution >= 0.6 is 11.6 Å². The molecular weight excluding hydrogens is 318 g/mol. The Balaban J connectivity index is 2.19. The lowest BCUT2D eigenvalue weighted by atomic mass is 10.0. The molecule has 6 nitrogen and oxygen atoms in total. The van der Waals surface area contributed by atoms with Gasteiger partial charge in [0, 0.05) is 13.2 Å². The van der Waals surface area contributed by atoms with Gasteiger partial charge < -0.3 is 10.2 Å². The number of carboxylic acids is 1. The van der Waals surface area contributed by atoms with Gasteiger partial charge in [-0.25, -0.2) is 17.9 Å². The van der Waals surface area contributed by atoms with Gasteiger partial charge in [0.25, 0.3) is 0 Å². The third-order valence-corrected chi connectivity index (χ3v) is 5.59. The molecule has 0 bridgehead atoms. The van der Waals surface area contributed by atoms with Crippen LogP contribution in [0.2, 0.25) is 5.02 Å². The Labute approximate surface area is 127 Å². The molecule has 1 aromatic rings. The Morgan fingerprint density at radius 1 is 1.38 bits per heavy atom. The number of aliphatic hydroxyl groups is 1. The lowest BCUT2D eigenvalue weighted by Crippen LogP contribution is -2.31. The van der Waals surface area contributed by atoms with E-state index in [1.807, 2.05) is 0 Å². The van der Waals surface area contributed by atoms with Gasteiger partial charge in [0.15, 0.2) is 0 Å². The Hall–Kier alpha value is -1.15. The number of benzene rings is 1. The minimum Gasteiger partial charge on any atom is -0.478 e. The highest BCUT2D eigenvalue weighted by Crippen LogP contribution is 2.48. The molecule has 1 aromatic carbocycles. The van der Waals surface area contributed by atoms with Crippen LogP contribution in [0.5, 0.6) is 0 Å². The van der Waals surface area contributed by atoms with Crippen LogP contribution in [0, 0.1) is 5.41 Å². The van der Waals surface area contributed by atoms with E-state index in [1.165, 1.54) is 12.1 Å². The molecule has 3 N–H and O–H groups in total. The van der Waals surface area contributed by atoms with Crippen molar-refractivity contribution in [2.45, 2.75) is 24.2 Å². The average Bonchev–Trinajstić information content (AvgIpc) is 3.17. The van der Waals surface area contributed by atoms with E-state index in [9.17, 15) is 13.2 Å². The number of carboxylic acid groups (broad SMARTS) is 1. The van der Waals surface area contributed by atoms with E-state index in [-0.39, 0.29) is 34.0 Å². The van der Waals surface area contributed by atoms with Crippen LogP contribution in [0.4, 0.5) is 0 Å². The van der Waals surface area contributed by atoms with Crippen LogP contribution in [0.3, 0.4) is 0 Å². The second-order valence-corrected chi connectivity index (χ2v) is 7.39. The molecule has 0 saturated heterocycles. The van der Waals surface area contributed by atoms with Crippen molar-refractivity contribution in [2.24, 2.45) is 5.41 Å². The van der Waals surface area contributed by atoms with Crippen molar-refractivity contribution in [1.29, 1.82) is 0 Å². The molecule has 0 aliphatic heterocycles. The van der Waals surface area contributed by atoms with E-state index in [0.717, 1.165) is 18.9 Å². The van der Waals surface area contributed by atoms with E-state index in [0.29, 0.717) is 6.42 Å². The largest absolute Gasteiger partial charge is 0.478 e. The summed E-state index contributed by atoms with van der Waals surface area (Å²) >= 11 is 5.86.